The number of benzene rings is 2. The Morgan fingerprint density at radius 3 is 2.47 bits per heavy atom. The van der Waals surface area contributed by atoms with Gasteiger partial charge in [0.1, 0.15) is 17.6 Å². The van der Waals surface area contributed by atoms with E-state index in [2.05, 4.69) is 15.1 Å². The number of fused-ring (bicyclic) bond motifs is 6. The van der Waals surface area contributed by atoms with E-state index in [1.54, 1.807) is 36.5 Å². The van der Waals surface area contributed by atoms with Crippen LogP contribution in [0.25, 0.3) is 28.1 Å². The van der Waals surface area contributed by atoms with Crippen molar-refractivity contribution in [3.63, 3.8) is 0 Å². The van der Waals surface area contributed by atoms with E-state index in [9.17, 15) is 4.79 Å². The maximum atomic E-state index is 13.5. The third-order valence-corrected chi connectivity index (χ3v) is 6.80. The second kappa shape index (κ2) is 7.87. The molecule has 4 aromatic heterocycles. The Morgan fingerprint density at radius 2 is 1.67 bits per heavy atom. The van der Waals surface area contributed by atoms with Crippen molar-refractivity contribution in [1.82, 2.24) is 24.6 Å². The first kappa shape index (κ1) is 21.0. The molecule has 10 heteroatoms. The topological polar surface area (TPSA) is 95.4 Å². The summed E-state index contributed by atoms with van der Waals surface area (Å²) in [5.74, 6) is 0.234. The zero-order chi connectivity index (χ0) is 24.4. The molecule has 1 aliphatic heterocycles. The number of hydrogen-bond acceptors (Lipinski definition) is 7. The SMILES string of the molecule is O=c1oc2ccccc2c2c1C(c1c(Cl)cccc1Cl)c1c(ncn3nc(-c4ccccn4)nc13)O2. The Hall–Kier alpha value is -4.27. The molecule has 0 N–H and O–H groups in total. The molecule has 174 valence electrons. The highest BCUT2D eigenvalue weighted by atomic mass is 35.5. The van der Waals surface area contributed by atoms with Gasteiger partial charge in [-0.2, -0.15) is 0 Å². The summed E-state index contributed by atoms with van der Waals surface area (Å²) >= 11 is 13.4. The van der Waals surface area contributed by atoms with Gasteiger partial charge in [-0.15, -0.1) is 5.10 Å². The van der Waals surface area contributed by atoms with E-state index in [0.29, 0.717) is 55.1 Å². The monoisotopic (exact) mass is 513 g/mol. The maximum Gasteiger partial charge on any atom is 0.344 e. The summed E-state index contributed by atoms with van der Waals surface area (Å²) in [4.78, 5) is 27.1. The lowest BCUT2D eigenvalue weighted by Gasteiger charge is -2.28. The lowest BCUT2D eigenvalue weighted by atomic mass is 9.84. The van der Waals surface area contributed by atoms with Crippen LogP contribution in [0.4, 0.5) is 0 Å². The molecule has 0 aliphatic carbocycles. The van der Waals surface area contributed by atoms with E-state index in [4.69, 9.17) is 37.3 Å². The molecule has 1 atom stereocenters. The summed E-state index contributed by atoms with van der Waals surface area (Å²) in [6.07, 6.45) is 3.17. The van der Waals surface area contributed by atoms with Crippen molar-refractivity contribution in [1.29, 1.82) is 0 Å². The van der Waals surface area contributed by atoms with Gasteiger partial charge in [-0.3, -0.25) is 4.98 Å². The minimum Gasteiger partial charge on any atom is -0.437 e. The van der Waals surface area contributed by atoms with Gasteiger partial charge in [0.2, 0.25) is 11.7 Å². The van der Waals surface area contributed by atoms with Gasteiger partial charge in [0.25, 0.3) is 0 Å². The summed E-state index contributed by atoms with van der Waals surface area (Å²) in [5.41, 5.74) is 2.12. The van der Waals surface area contributed by atoms with Crippen LogP contribution in [0.15, 0.2) is 82.4 Å². The number of halogens is 2. The molecule has 0 bridgehead atoms. The second-order valence-corrected chi connectivity index (χ2v) is 9.00. The average Bonchev–Trinajstić information content (AvgIpc) is 3.33. The smallest absolute Gasteiger partial charge is 0.344 e. The number of ether oxygens (including phenoxy) is 1. The molecule has 7 rings (SSSR count). The molecule has 0 amide bonds. The summed E-state index contributed by atoms with van der Waals surface area (Å²) in [6.45, 7) is 0. The van der Waals surface area contributed by atoms with Crippen LogP contribution in [0, 0.1) is 0 Å². The molecule has 1 unspecified atom stereocenters. The van der Waals surface area contributed by atoms with Crippen LogP contribution in [-0.4, -0.2) is 24.6 Å². The molecule has 2 aromatic carbocycles. The van der Waals surface area contributed by atoms with Crippen LogP contribution in [-0.2, 0) is 0 Å². The van der Waals surface area contributed by atoms with E-state index < -0.39 is 11.5 Å². The third-order valence-electron chi connectivity index (χ3n) is 6.14. The maximum absolute atomic E-state index is 13.5. The predicted molar refractivity (Wildman–Crippen MR) is 134 cm³/mol. The van der Waals surface area contributed by atoms with Gasteiger partial charge in [0, 0.05) is 21.8 Å². The van der Waals surface area contributed by atoms with Crippen molar-refractivity contribution in [2.75, 3.05) is 0 Å². The highest BCUT2D eigenvalue weighted by Gasteiger charge is 2.39. The standard InChI is InChI=1S/C26H13Cl2N5O3/c27-14-7-5-8-15(28)18(14)19-20-22(13-6-1-2-10-17(13)35-26(20)34)36-25-21(19)24-31-23(32-33(24)12-30-25)16-9-3-4-11-29-16/h1-12,19H. The Balaban J connectivity index is 1.60. The molecule has 0 saturated heterocycles. The molecule has 8 nitrogen and oxygen atoms in total. The first-order valence-electron chi connectivity index (χ1n) is 10.9. The number of rotatable bonds is 2. The van der Waals surface area contributed by atoms with Crippen molar-refractivity contribution >= 4 is 39.8 Å². The second-order valence-electron chi connectivity index (χ2n) is 8.18. The summed E-state index contributed by atoms with van der Waals surface area (Å²) in [7, 11) is 0. The minimum atomic E-state index is -0.775. The number of aromatic nitrogens is 5. The molecular formula is C26H13Cl2N5O3. The largest absolute Gasteiger partial charge is 0.437 e. The lowest BCUT2D eigenvalue weighted by molar-refractivity contribution is 0.422. The number of pyridine rings is 1. The molecule has 0 spiro atoms. The first-order chi connectivity index (χ1) is 17.6. The van der Waals surface area contributed by atoms with Crippen molar-refractivity contribution in [3.05, 3.63) is 110 Å². The van der Waals surface area contributed by atoms with Crippen LogP contribution in [0.3, 0.4) is 0 Å². The fraction of sp³-hybridized carbons (Fsp3) is 0.0385. The zero-order valence-corrected chi connectivity index (χ0v) is 19.7. The minimum absolute atomic E-state index is 0.258. The molecule has 0 saturated carbocycles. The summed E-state index contributed by atoms with van der Waals surface area (Å²) in [5, 5.41) is 5.94. The van der Waals surface area contributed by atoms with Crippen LogP contribution >= 0.6 is 23.2 Å². The van der Waals surface area contributed by atoms with Gasteiger partial charge < -0.3 is 9.15 Å². The molecule has 1 aliphatic rings. The van der Waals surface area contributed by atoms with Gasteiger partial charge in [0.05, 0.1) is 22.4 Å². The predicted octanol–water partition coefficient (Wildman–Crippen LogP) is 5.89. The molecule has 0 radical (unpaired) electrons. The summed E-state index contributed by atoms with van der Waals surface area (Å²) < 4.78 is 13.5. The molecule has 5 heterocycles. The van der Waals surface area contributed by atoms with Gasteiger partial charge in [-0.05, 0) is 36.4 Å². The molecular weight excluding hydrogens is 501 g/mol. The Bertz CT molecular complexity index is 1860. The van der Waals surface area contributed by atoms with Gasteiger partial charge in [0.15, 0.2) is 11.4 Å². The van der Waals surface area contributed by atoms with Crippen molar-refractivity contribution < 1.29 is 9.15 Å². The highest BCUT2D eigenvalue weighted by molar-refractivity contribution is 6.36. The number of nitrogens with zero attached hydrogens (tertiary/aromatic N) is 5. The summed E-state index contributed by atoms with van der Waals surface area (Å²) in [6, 6.07) is 17.8. The van der Waals surface area contributed by atoms with Crippen molar-refractivity contribution in [3.8, 4) is 23.1 Å². The third kappa shape index (κ3) is 3.05. The number of hydrogen-bond donors (Lipinski definition) is 0. The van der Waals surface area contributed by atoms with Crippen molar-refractivity contribution in [2.45, 2.75) is 5.92 Å². The molecule has 6 aromatic rings. The van der Waals surface area contributed by atoms with E-state index in [1.165, 1.54) is 10.8 Å². The first-order valence-corrected chi connectivity index (χ1v) is 11.7. The van der Waals surface area contributed by atoms with Crippen LogP contribution < -0.4 is 10.4 Å². The van der Waals surface area contributed by atoms with Crippen LogP contribution in [0.5, 0.6) is 11.6 Å². The fourth-order valence-electron chi connectivity index (χ4n) is 4.61. The van der Waals surface area contributed by atoms with Gasteiger partial charge in [-0.1, -0.05) is 47.5 Å². The quantitative estimate of drug-likeness (QED) is 0.266. The Kier molecular flexibility index (Phi) is 4.60. The van der Waals surface area contributed by atoms with E-state index >= 15 is 0 Å². The van der Waals surface area contributed by atoms with E-state index in [1.807, 2.05) is 30.3 Å². The highest BCUT2D eigenvalue weighted by Crippen LogP contribution is 2.51. The van der Waals surface area contributed by atoms with Gasteiger partial charge >= 0.3 is 5.63 Å². The Labute approximate surface area is 212 Å². The van der Waals surface area contributed by atoms with Crippen molar-refractivity contribution in [2.24, 2.45) is 0 Å². The van der Waals surface area contributed by atoms with Crippen LogP contribution in [0.1, 0.15) is 22.6 Å². The van der Waals surface area contributed by atoms with E-state index in [-0.39, 0.29) is 11.4 Å². The average molecular weight is 514 g/mol. The normalized spacial score (nSPS) is 14.4. The molecule has 36 heavy (non-hydrogen) atoms. The Morgan fingerprint density at radius 1 is 0.861 bits per heavy atom. The fourth-order valence-corrected chi connectivity index (χ4v) is 5.22. The van der Waals surface area contributed by atoms with Gasteiger partial charge in [-0.25, -0.2) is 19.3 Å². The zero-order valence-electron chi connectivity index (χ0n) is 18.2. The lowest BCUT2D eigenvalue weighted by Crippen LogP contribution is -2.22. The van der Waals surface area contributed by atoms with Crippen LogP contribution in [0.2, 0.25) is 10.0 Å². The molecule has 0 fully saturated rings. The number of para-hydroxylation sites is 1. The van der Waals surface area contributed by atoms with E-state index in [0.717, 1.165) is 0 Å².